The highest BCUT2D eigenvalue weighted by Gasteiger charge is 2.45. The molecule has 0 aliphatic heterocycles. The van der Waals surface area contributed by atoms with Crippen LogP contribution in [0.15, 0.2) is 0 Å². The maximum atomic E-state index is 11.0. The quantitative estimate of drug-likeness (QED) is 0.693. The summed E-state index contributed by atoms with van der Waals surface area (Å²) in [5.41, 5.74) is -0.582. The van der Waals surface area contributed by atoms with Crippen molar-refractivity contribution in [3.8, 4) is 0 Å². The number of hydrogen-bond acceptors (Lipinski definition) is 2. The maximum Gasteiger partial charge on any atom is 0.0703 e. The topological polar surface area (TPSA) is 40.5 Å². The van der Waals surface area contributed by atoms with Gasteiger partial charge in [-0.15, -0.1) is 0 Å². The number of fused-ring (bicyclic) bond motifs is 1. The van der Waals surface area contributed by atoms with Gasteiger partial charge >= 0.3 is 0 Å². The average Bonchev–Trinajstić information content (AvgIpc) is 2.32. The summed E-state index contributed by atoms with van der Waals surface area (Å²) in [5, 5.41) is 21.3. The third kappa shape index (κ3) is 3.48. The van der Waals surface area contributed by atoms with E-state index >= 15 is 0 Å². The van der Waals surface area contributed by atoms with Gasteiger partial charge in [-0.2, -0.15) is 0 Å². The lowest BCUT2D eigenvalue weighted by Gasteiger charge is -2.46. The number of hydrogen-bond donors (Lipinski definition) is 2. The zero-order chi connectivity index (χ0) is 13.0. The predicted octanol–water partition coefficient (Wildman–Crippen LogP) is 3.65. The first-order chi connectivity index (χ1) is 8.62. The van der Waals surface area contributed by atoms with E-state index in [9.17, 15) is 10.2 Å². The first-order valence-electron chi connectivity index (χ1n) is 8.02. The van der Waals surface area contributed by atoms with E-state index in [4.69, 9.17) is 0 Å². The minimum absolute atomic E-state index is 0.131. The largest absolute Gasteiger partial charge is 0.393 e. The summed E-state index contributed by atoms with van der Waals surface area (Å²) in [4.78, 5) is 0. The molecule has 0 amide bonds. The van der Waals surface area contributed by atoms with E-state index in [1.54, 1.807) is 0 Å². The van der Waals surface area contributed by atoms with Gasteiger partial charge in [-0.05, 0) is 31.6 Å². The second kappa shape index (κ2) is 6.38. The molecule has 0 heterocycles. The average molecular weight is 254 g/mol. The Morgan fingerprint density at radius 1 is 0.944 bits per heavy atom. The first kappa shape index (κ1) is 14.3. The van der Waals surface area contributed by atoms with Gasteiger partial charge in [0.15, 0.2) is 0 Å². The van der Waals surface area contributed by atoms with Crippen LogP contribution in [-0.2, 0) is 0 Å². The van der Waals surface area contributed by atoms with Crippen molar-refractivity contribution in [3.05, 3.63) is 0 Å². The molecule has 2 heteroatoms. The summed E-state index contributed by atoms with van der Waals surface area (Å²) >= 11 is 0. The predicted molar refractivity (Wildman–Crippen MR) is 74.4 cm³/mol. The van der Waals surface area contributed by atoms with E-state index in [1.165, 1.54) is 38.5 Å². The molecule has 2 aliphatic rings. The van der Waals surface area contributed by atoms with Gasteiger partial charge in [-0.25, -0.2) is 0 Å². The third-order valence-electron chi connectivity index (χ3n) is 5.13. The molecule has 0 spiro atoms. The summed E-state index contributed by atoms with van der Waals surface area (Å²) < 4.78 is 0. The number of aliphatic hydroxyl groups excluding tert-OH is 1. The van der Waals surface area contributed by atoms with Crippen LogP contribution in [0, 0.1) is 11.8 Å². The SMILES string of the molecule is C[C@@H]1C[C@@H](O)[C@@H]2CCCCCCCCC[C@]2(O)C1. The lowest BCUT2D eigenvalue weighted by Crippen LogP contribution is -2.50. The molecule has 0 aromatic rings. The van der Waals surface area contributed by atoms with Crippen LogP contribution in [-0.4, -0.2) is 21.9 Å². The number of aliphatic hydroxyl groups is 2. The fraction of sp³-hybridized carbons (Fsp3) is 1.00. The fourth-order valence-electron chi connectivity index (χ4n) is 4.20. The minimum atomic E-state index is -0.582. The van der Waals surface area contributed by atoms with Gasteiger partial charge < -0.3 is 10.2 Å². The van der Waals surface area contributed by atoms with Crippen LogP contribution in [0.3, 0.4) is 0 Å². The number of rotatable bonds is 0. The van der Waals surface area contributed by atoms with Crippen molar-refractivity contribution >= 4 is 0 Å². The summed E-state index contributed by atoms with van der Waals surface area (Å²) in [6, 6.07) is 0. The Morgan fingerprint density at radius 3 is 2.28 bits per heavy atom. The van der Waals surface area contributed by atoms with Crippen molar-refractivity contribution in [2.24, 2.45) is 11.8 Å². The monoisotopic (exact) mass is 254 g/mol. The second-order valence-corrected chi connectivity index (χ2v) is 6.84. The highest BCUT2D eigenvalue weighted by molar-refractivity contribution is 4.96. The summed E-state index contributed by atoms with van der Waals surface area (Å²) in [6.07, 6.45) is 12.3. The lowest BCUT2D eigenvalue weighted by molar-refractivity contribution is -0.127. The minimum Gasteiger partial charge on any atom is -0.393 e. The molecule has 18 heavy (non-hydrogen) atoms. The Kier molecular flexibility index (Phi) is 5.08. The molecule has 0 radical (unpaired) electrons. The molecule has 0 saturated heterocycles. The Hall–Kier alpha value is -0.0800. The van der Waals surface area contributed by atoms with Crippen molar-refractivity contribution in [1.29, 1.82) is 0 Å². The van der Waals surface area contributed by atoms with Gasteiger partial charge in [0.25, 0.3) is 0 Å². The summed E-state index contributed by atoms with van der Waals surface area (Å²) in [5.74, 6) is 0.596. The molecule has 4 atom stereocenters. The van der Waals surface area contributed by atoms with Crippen LogP contribution in [0.1, 0.15) is 77.6 Å². The standard InChI is InChI=1S/C16H30O2/c1-13-11-15(17)14-9-7-5-3-2-4-6-8-10-16(14,18)12-13/h13-15,17-18H,2-12H2,1H3/t13-,14+,15-,16+/m1/s1. The molecular formula is C16H30O2. The molecule has 2 fully saturated rings. The highest BCUT2D eigenvalue weighted by Crippen LogP contribution is 2.43. The van der Waals surface area contributed by atoms with E-state index in [-0.39, 0.29) is 12.0 Å². The molecule has 2 aliphatic carbocycles. The van der Waals surface area contributed by atoms with E-state index in [0.717, 1.165) is 32.1 Å². The van der Waals surface area contributed by atoms with Gasteiger partial charge in [-0.3, -0.25) is 0 Å². The molecule has 106 valence electrons. The van der Waals surface area contributed by atoms with Crippen LogP contribution in [0.2, 0.25) is 0 Å². The van der Waals surface area contributed by atoms with Gasteiger partial charge in [0, 0.05) is 5.92 Å². The van der Waals surface area contributed by atoms with Crippen LogP contribution >= 0.6 is 0 Å². The van der Waals surface area contributed by atoms with Crippen LogP contribution in [0.5, 0.6) is 0 Å². The fourth-order valence-corrected chi connectivity index (χ4v) is 4.20. The molecule has 0 unspecified atom stereocenters. The zero-order valence-electron chi connectivity index (χ0n) is 11.9. The summed E-state index contributed by atoms with van der Waals surface area (Å²) in [7, 11) is 0. The van der Waals surface area contributed by atoms with Crippen LogP contribution in [0.25, 0.3) is 0 Å². The smallest absolute Gasteiger partial charge is 0.0703 e. The molecule has 0 bridgehead atoms. The van der Waals surface area contributed by atoms with E-state index in [1.807, 2.05) is 0 Å². The zero-order valence-corrected chi connectivity index (χ0v) is 11.9. The van der Waals surface area contributed by atoms with Crippen molar-refractivity contribution < 1.29 is 10.2 Å². The summed E-state index contributed by atoms with van der Waals surface area (Å²) in [6.45, 7) is 2.17. The Bertz CT molecular complexity index is 253. The Morgan fingerprint density at radius 2 is 1.56 bits per heavy atom. The molecule has 0 aromatic carbocycles. The lowest BCUT2D eigenvalue weighted by atomic mass is 9.66. The molecule has 2 N–H and O–H groups in total. The third-order valence-corrected chi connectivity index (χ3v) is 5.13. The van der Waals surface area contributed by atoms with Crippen molar-refractivity contribution in [1.82, 2.24) is 0 Å². The second-order valence-electron chi connectivity index (χ2n) is 6.84. The maximum absolute atomic E-state index is 11.0. The molecular weight excluding hydrogens is 224 g/mol. The normalized spacial score (nSPS) is 43.8. The van der Waals surface area contributed by atoms with Gasteiger partial charge in [0.2, 0.25) is 0 Å². The molecule has 0 aromatic heterocycles. The molecule has 2 nitrogen and oxygen atoms in total. The van der Waals surface area contributed by atoms with Crippen molar-refractivity contribution in [3.63, 3.8) is 0 Å². The van der Waals surface area contributed by atoms with Crippen molar-refractivity contribution in [2.45, 2.75) is 89.3 Å². The van der Waals surface area contributed by atoms with Gasteiger partial charge in [0.1, 0.15) is 0 Å². The van der Waals surface area contributed by atoms with Gasteiger partial charge in [0.05, 0.1) is 11.7 Å². The Balaban J connectivity index is 2.06. The van der Waals surface area contributed by atoms with E-state index < -0.39 is 5.60 Å². The first-order valence-corrected chi connectivity index (χ1v) is 8.02. The van der Waals surface area contributed by atoms with Crippen molar-refractivity contribution in [2.75, 3.05) is 0 Å². The van der Waals surface area contributed by atoms with Gasteiger partial charge in [-0.1, -0.05) is 51.9 Å². The van der Waals surface area contributed by atoms with Crippen LogP contribution in [0.4, 0.5) is 0 Å². The Labute approximate surface area is 112 Å². The van der Waals surface area contributed by atoms with Crippen LogP contribution < -0.4 is 0 Å². The van der Waals surface area contributed by atoms with E-state index in [0.29, 0.717) is 5.92 Å². The molecule has 2 saturated carbocycles. The molecule has 2 rings (SSSR count). The van der Waals surface area contributed by atoms with E-state index in [2.05, 4.69) is 6.92 Å². The highest BCUT2D eigenvalue weighted by atomic mass is 16.3.